The van der Waals surface area contributed by atoms with E-state index in [0.717, 1.165) is 27.0 Å². The second kappa shape index (κ2) is 6.40. The number of nitrogens with zero attached hydrogens (tertiary/aromatic N) is 4. The summed E-state index contributed by atoms with van der Waals surface area (Å²) in [5, 5.41) is 0.283. The number of alkyl halides is 2. The van der Waals surface area contributed by atoms with Crippen molar-refractivity contribution >= 4 is 33.8 Å². The normalized spacial score (nSPS) is 11.7. The van der Waals surface area contributed by atoms with Crippen LogP contribution in [-0.4, -0.2) is 19.5 Å². The van der Waals surface area contributed by atoms with Crippen molar-refractivity contribution in [3.63, 3.8) is 0 Å². The van der Waals surface area contributed by atoms with Gasteiger partial charge in [-0.3, -0.25) is 4.57 Å². The molecule has 0 aliphatic rings. The Hall–Kier alpha value is -2.54. The van der Waals surface area contributed by atoms with E-state index in [1.54, 1.807) is 24.3 Å². The lowest BCUT2D eigenvalue weighted by Crippen LogP contribution is -2.01. The zero-order valence-electron chi connectivity index (χ0n) is 13.4. The molecule has 2 aromatic heterocycles. The Kier molecular flexibility index (Phi) is 4.09. The van der Waals surface area contributed by atoms with Gasteiger partial charge in [0, 0.05) is 5.75 Å². The van der Waals surface area contributed by atoms with Crippen LogP contribution in [0.15, 0.2) is 53.7 Å². The highest BCUT2D eigenvalue weighted by molar-refractivity contribution is 7.98. The first kappa shape index (κ1) is 16.0. The van der Waals surface area contributed by atoms with E-state index in [9.17, 15) is 8.78 Å². The summed E-state index contributed by atoms with van der Waals surface area (Å²) in [6.07, 6.45) is 0. The number of aromatic nitrogens is 4. The molecule has 2 heterocycles. The highest BCUT2D eigenvalue weighted by Crippen LogP contribution is 2.31. The second-order valence-corrected chi connectivity index (χ2v) is 6.51. The molecule has 0 fully saturated rings. The maximum absolute atomic E-state index is 13.5. The predicted octanol–water partition coefficient (Wildman–Crippen LogP) is 4.98. The predicted molar refractivity (Wildman–Crippen MR) is 94.8 cm³/mol. The quantitative estimate of drug-likeness (QED) is 0.484. The van der Waals surface area contributed by atoms with Crippen molar-refractivity contribution in [3.8, 4) is 0 Å². The number of halogens is 2. The Balaban J connectivity index is 1.69. The standard InChI is InChI=1S/C18H14F2N4S/c1-11-15(22-13-7-3-2-6-12(13)21-11)10-25-18-23-14-8-4-5-9-16(14)24(18)17(19)20/h2-9,17H,10H2,1H3. The summed E-state index contributed by atoms with van der Waals surface area (Å²) in [5.41, 5.74) is 4.19. The molecule has 2 aromatic carbocycles. The minimum absolute atomic E-state index is 0.283. The van der Waals surface area contributed by atoms with Crippen LogP contribution in [0.2, 0.25) is 0 Å². The third-order valence-electron chi connectivity index (χ3n) is 3.94. The molecule has 0 amide bonds. The van der Waals surface area contributed by atoms with Gasteiger partial charge in [-0.15, -0.1) is 0 Å². The highest BCUT2D eigenvalue weighted by atomic mass is 32.2. The summed E-state index contributed by atoms with van der Waals surface area (Å²) < 4.78 is 27.9. The van der Waals surface area contributed by atoms with E-state index in [1.165, 1.54) is 11.8 Å². The smallest absolute Gasteiger partial charge is 0.261 e. The van der Waals surface area contributed by atoms with Crippen LogP contribution in [0.4, 0.5) is 8.78 Å². The molecule has 25 heavy (non-hydrogen) atoms. The second-order valence-electron chi connectivity index (χ2n) is 5.56. The lowest BCUT2D eigenvalue weighted by molar-refractivity contribution is 0.0656. The molecule has 0 saturated heterocycles. The van der Waals surface area contributed by atoms with E-state index in [0.29, 0.717) is 16.8 Å². The van der Waals surface area contributed by atoms with Crippen molar-refractivity contribution in [1.82, 2.24) is 19.5 Å². The van der Waals surface area contributed by atoms with E-state index >= 15 is 0 Å². The Labute approximate surface area is 146 Å². The summed E-state index contributed by atoms with van der Waals surface area (Å²) in [7, 11) is 0. The van der Waals surface area contributed by atoms with Gasteiger partial charge in [-0.05, 0) is 31.2 Å². The van der Waals surface area contributed by atoms with Crippen molar-refractivity contribution in [3.05, 3.63) is 59.9 Å². The first-order valence-electron chi connectivity index (χ1n) is 7.73. The third-order valence-corrected chi connectivity index (χ3v) is 4.90. The third kappa shape index (κ3) is 2.95. The minimum Gasteiger partial charge on any atom is -0.261 e. The van der Waals surface area contributed by atoms with Crippen LogP contribution in [0.25, 0.3) is 22.1 Å². The molecule has 0 bridgehead atoms. The topological polar surface area (TPSA) is 43.6 Å². The molecule has 4 nitrogen and oxygen atoms in total. The van der Waals surface area contributed by atoms with Crippen LogP contribution in [0, 0.1) is 6.92 Å². The van der Waals surface area contributed by atoms with Crippen LogP contribution in [-0.2, 0) is 5.75 Å². The van der Waals surface area contributed by atoms with Crippen molar-refractivity contribution in [2.75, 3.05) is 0 Å². The summed E-state index contributed by atoms with van der Waals surface area (Å²) in [6, 6.07) is 14.5. The van der Waals surface area contributed by atoms with Gasteiger partial charge in [-0.25, -0.2) is 15.0 Å². The Morgan fingerprint density at radius 3 is 2.28 bits per heavy atom. The first-order valence-corrected chi connectivity index (χ1v) is 8.72. The number of thioether (sulfide) groups is 1. The summed E-state index contributed by atoms with van der Waals surface area (Å²) in [4.78, 5) is 13.5. The van der Waals surface area contributed by atoms with Crippen LogP contribution >= 0.6 is 11.8 Å². The van der Waals surface area contributed by atoms with Crippen LogP contribution in [0.1, 0.15) is 17.9 Å². The van der Waals surface area contributed by atoms with Gasteiger partial charge in [0.15, 0.2) is 5.16 Å². The van der Waals surface area contributed by atoms with Gasteiger partial charge in [0.25, 0.3) is 0 Å². The Morgan fingerprint density at radius 1 is 0.920 bits per heavy atom. The van der Waals surface area contributed by atoms with Gasteiger partial charge >= 0.3 is 6.55 Å². The molecule has 0 N–H and O–H groups in total. The lowest BCUT2D eigenvalue weighted by Gasteiger charge is -2.08. The number of hydrogen-bond donors (Lipinski definition) is 0. The molecule has 0 aliphatic heterocycles. The molecule has 7 heteroatoms. The summed E-state index contributed by atoms with van der Waals surface area (Å²) in [5.74, 6) is 0.430. The molecule has 0 saturated carbocycles. The molecule has 0 spiro atoms. The van der Waals surface area contributed by atoms with Gasteiger partial charge in [0.05, 0.1) is 33.5 Å². The molecular weight excluding hydrogens is 342 g/mol. The number of rotatable bonds is 4. The molecular formula is C18H14F2N4S. The lowest BCUT2D eigenvalue weighted by atomic mass is 10.2. The maximum atomic E-state index is 13.5. The molecule has 4 rings (SSSR count). The van der Waals surface area contributed by atoms with Gasteiger partial charge in [-0.2, -0.15) is 8.78 Å². The van der Waals surface area contributed by atoms with Gasteiger partial charge < -0.3 is 0 Å². The SMILES string of the molecule is Cc1nc2ccccc2nc1CSc1nc2ccccc2n1C(F)F. The number of para-hydroxylation sites is 4. The number of aryl methyl sites for hydroxylation is 1. The Bertz CT molecular complexity index is 1060. The highest BCUT2D eigenvalue weighted by Gasteiger charge is 2.18. The minimum atomic E-state index is -2.64. The number of fused-ring (bicyclic) bond motifs is 2. The van der Waals surface area contributed by atoms with Crippen molar-refractivity contribution in [2.45, 2.75) is 24.4 Å². The fraction of sp³-hybridized carbons (Fsp3) is 0.167. The van der Waals surface area contributed by atoms with Crippen molar-refractivity contribution in [2.24, 2.45) is 0 Å². The van der Waals surface area contributed by atoms with Crippen molar-refractivity contribution in [1.29, 1.82) is 0 Å². The van der Waals surface area contributed by atoms with E-state index < -0.39 is 6.55 Å². The zero-order chi connectivity index (χ0) is 17.4. The molecule has 126 valence electrons. The molecule has 4 aromatic rings. The average molecular weight is 356 g/mol. The average Bonchev–Trinajstić information content (AvgIpc) is 2.98. The van der Waals surface area contributed by atoms with E-state index in [2.05, 4.69) is 15.0 Å². The van der Waals surface area contributed by atoms with E-state index in [-0.39, 0.29) is 5.16 Å². The monoisotopic (exact) mass is 356 g/mol. The molecule has 0 radical (unpaired) electrons. The number of hydrogen-bond acceptors (Lipinski definition) is 4. The molecule has 0 aliphatic carbocycles. The molecule has 0 atom stereocenters. The van der Waals surface area contributed by atoms with Gasteiger partial charge in [0.1, 0.15) is 0 Å². The summed E-state index contributed by atoms with van der Waals surface area (Å²) >= 11 is 1.25. The first-order chi connectivity index (χ1) is 12.1. The van der Waals surface area contributed by atoms with Crippen LogP contribution in [0.3, 0.4) is 0 Å². The largest absolute Gasteiger partial charge is 0.321 e. The van der Waals surface area contributed by atoms with Gasteiger partial charge in [-0.1, -0.05) is 36.0 Å². The van der Waals surface area contributed by atoms with E-state index in [1.807, 2.05) is 31.2 Å². The van der Waals surface area contributed by atoms with Gasteiger partial charge in [0.2, 0.25) is 0 Å². The summed E-state index contributed by atoms with van der Waals surface area (Å²) in [6.45, 7) is -0.760. The Morgan fingerprint density at radius 2 is 1.56 bits per heavy atom. The fourth-order valence-corrected chi connectivity index (χ4v) is 3.73. The number of imidazole rings is 1. The number of benzene rings is 2. The van der Waals surface area contributed by atoms with Crippen molar-refractivity contribution < 1.29 is 8.78 Å². The molecule has 0 unspecified atom stereocenters. The fourth-order valence-electron chi connectivity index (χ4n) is 2.71. The van der Waals surface area contributed by atoms with E-state index in [4.69, 9.17) is 0 Å². The zero-order valence-corrected chi connectivity index (χ0v) is 14.2. The van der Waals surface area contributed by atoms with Crippen LogP contribution < -0.4 is 0 Å². The van der Waals surface area contributed by atoms with Crippen LogP contribution in [0.5, 0.6) is 0 Å². The maximum Gasteiger partial charge on any atom is 0.321 e.